The highest BCUT2D eigenvalue weighted by Gasteiger charge is 2.26. The van der Waals surface area contributed by atoms with Crippen LogP contribution in [0.25, 0.3) is 0 Å². The molecule has 1 aliphatic rings. The Morgan fingerprint density at radius 3 is 2.90 bits per heavy atom. The predicted octanol–water partition coefficient (Wildman–Crippen LogP) is 1.95. The highest BCUT2D eigenvalue weighted by atomic mass is 16.3. The maximum atomic E-state index is 12.5. The molecule has 3 rings (SSSR count). The Morgan fingerprint density at radius 1 is 1.35 bits per heavy atom. The fourth-order valence-corrected chi connectivity index (χ4v) is 2.63. The summed E-state index contributed by atoms with van der Waals surface area (Å²) < 4.78 is 5.03. The lowest BCUT2D eigenvalue weighted by Crippen LogP contribution is -2.47. The molecule has 0 radical (unpaired) electrons. The maximum Gasteiger partial charge on any atom is 0.240 e. The minimum Gasteiger partial charge on any atom is -0.472 e. The number of carbonyl (C=O) groups excluding carboxylic acids is 1. The zero-order valence-electron chi connectivity index (χ0n) is 11.5. The van der Waals surface area contributed by atoms with Gasteiger partial charge in [0.1, 0.15) is 0 Å². The maximum absolute atomic E-state index is 12.5. The monoisotopic (exact) mass is 270 g/mol. The normalized spacial score (nSPS) is 17.6. The number of fused-ring (bicyclic) bond motifs is 1. The van der Waals surface area contributed by atoms with Crippen molar-refractivity contribution < 1.29 is 9.21 Å². The first-order valence-corrected chi connectivity index (χ1v) is 6.80. The summed E-state index contributed by atoms with van der Waals surface area (Å²) in [5.41, 5.74) is 3.56. The third kappa shape index (κ3) is 2.60. The van der Waals surface area contributed by atoms with Gasteiger partial charge < -0.3 is 14.6 Å². The van der Waals surface area contributed by atoms with Crippen molar-refractivity contribution in [3.63, 3.8) is 0 Å². The molecule has 4 nitrogen and oxygen atoms in total. The van der Waals surface area contributed by atoms with Crippen LogP contribution in [0.1, 0.15) is 16.7 Å². The van der Waals surface area contributed by atoms with Crippen LogP contribution in [0.3, 0.4) is 0 Å². The Bertz CT molecular complexity index is 592. The number of benzene rings is 1. The van der Waals surface area contributed by atoms with Gasteiger partial charge in [0.15, 0.2) is 0 Å². The first-order valence-electron chi connectivity index (χ1n) is 6.80. The molecule has 0 spiro atoms. The number of carbonyl (C=O) groups is 1. The van der Waals surface area contributed by atoms with Gasteiger partial charge in [0.05, 0.1) is 18.6 Å². The van der Waals surface area contributed by atoms with E-state index in [9.17, 15) is 4.79 Å². The molecule has 20 heavy (non-hydrogen) atoms. The summed E-state index contributed by atoms with van der Waals surface area (Å²) in [5, 5.41) is 3.32. The Morgan fingerprint density at radius 2 is 2.15 bits per heavy atom. The molecule has 1 aromatic carbocycles. The molecule has 2 heterocycles. The lowest BCUT2D eigenvalue weighted by atomic mass is 9.95. The van der Waals surface area contributed by atoms with Crippen LogP contribution in [0.15, 0.2) is 47.3 Å². The molecule has 4 heteroatoms. The second-order valence-electron chi connectivity index (χ2n) is 5.23. The van der Waals surface area contributed by atoms with Gasteiger partial charge in [0.2, 0.25) is 5.91 Å². The molecule has 0 saturated heterocycles. The van der Waals surface area contributed by atoms with E-state index < -0.39 is 0 Å². The molecule has 0 saturated carbocycles. The Balaban J connectivity index is 1.66. The van der Waals surface area contributed by atoms with Crippen molar-refractivity contribution in [3.8, 4) is 0 Å². The summed E-state index contributed by atoms with van der Waals surface area (Å²) >= 11 is 0. The van der Waals surface area contributed by atoms with Crippen LogP contribution in [0.5, 0.6) is 0 Å². The van der Waals surface area contributed by atoms with Crippen LogP contribution in [-0.4, -0.2) is 23.9 Å². The minimum atomic E-state index is -0.137. The van der Waals surface area contributed by atoms with Gasteiger partial charge in [-0.05, 0) is 23.6 Å². The smallest absolute Gasteiger partial charge is 0.240 e. The molecule has 0 aliphatic carbocycles. The van der Waals surface area contributed by atoms with Gasteiger partial charge in [-0.1, -0.05) is 24.3 Å². The summed E-state index contributed by atoms with van der Waals surface area (Å²) in [6, 6.07) is 10.0. The van der Waals surface area contributed by atoms with E-state index in [1.54, 1.807) is 17.4 Å². The van der Waals surface area contributed by atoms with Gasteiger partial charge in [-0.3, -0.25) is 4.79 Å². The summed E-state index contributed by atoms with van der Waals surface area (Å²) in [6.45, 7) is 1.33. The van der Waals surface area contributed by atoms with Gasteiger partial charge in [0, 0.05) is 25.7 Å². The molecule has 1 unspecified atom stereocenters. The standard InChI is InChI=1S/C16H18N2O2/c1-18(10-12-6-7-20-11-12)16(19)15-8-13-4-2-3-5-14(13)9-17-15/h2-7,11,15,17H,8-10H2,1H3. The lowest BCUT2D eigenvalue weighted by Gasteiger charge is -2.28. The molecule has 1 aliphatic heterocycles. The molecule has 1 aromatic heterocycles. The number of amides is 1. The van der Waals surface area contributed by atoms with Crippen molar-refractivity contribution in [1.82, 2.24) is 10.2 Å². The van der Waals surface area contributed by atoms with Crippen LogP contribution in [-0.2, 0) is 24.3 Å². The van der Waals surface area contributed by atoms with Gasteiger partial charge >= 0.3 is 0 Å². The van der Waals surface area contributed by atoms with Crippen LogP contribution in [0.4, 0.5) is 0 Å². The summed E-state index contributed by atoms with van der Waals surface area (Å²) in [7, 11) is 1.83. The lowest BCUT2D eigenvalue weighted by molar-refractivity contribution is -0.132. The van der Waals surface area contributed by atoms with Crippen molar-refractivity contribution in [2.75, 3.05) is 7.05 Å². The summed E-state index contributed by atoms with van der Waals surface area (Å²) in [6.07, 6.45) is 4.06. The first-order chi connectivity index (χ1) is 9.74. The van der Waals surface area contributed by atoms with Gasteiger partial charge in [-0.15, -0.1) is 0 Å². The Kier molecular flexibility index (Phi) is 3.56. The number of nitrogens with zero attached hydrogens (tertiary/aromatic N) is 1. The fourth-order valence-electron chi connectivity index (χ4n) is 2.63. The number of furan rings is 1. The molecule has 0 bridgehead atoms. The number of likely N-dealkylation sites (N-methyl/N-ethyl adjacent to an activating group) is 1. The molecule has 0 fully saturated rings. The average Bonchev–Trinajstić information content (AvgIpc) is 2.99. The van der Waals surface area contributed by atoms with E-state index in [4.69, 9.17) is 4.42 Å². The molecule has 2 aromatic rings. The van der Waals surface area contributed by atoms with Crippen molar-refractivity contribution in [2.24, 2.45) is 0 Å². The zero-order chi connectivity index (χ0) is 13.9. The van der Waals surface area contributed by atoms with Crippen LogP contribution < -0.4 is 5.32 Å². The van der Waals surface area contributed by atoms with E-state index in [1.165, 1.54) is 11.1 Å². The molecular formula is C16H18N2O2. The van der Waals surface area contributed by atoms with E-state index in [0.29, 0.717) is 6.54 Å². The van der Waals surface area contributed by atoms with E-state index in [2.05, 4.69) is 17.4 Å². The molecule has 104 valence electrons. The van der Waals surface area contributed by atoms with Crippen molar-refractivity contribution >= 4 is 5.91 Å². The largest absolute Gasteiger partial charge is 0.472 e. The minimum absolute atomic E-state index is 0.126. The third-order valence-electron chi connectivity index (χ3n) is 3.76. The summed E-state index contributed by atoms with van der Waals surface area (Å²) in [4.78, 5) is 14.2. The van der Waals surface area contributed by atoms with E-state index in [-0.39, 0.29) is 11.9 Å². The SMILES string of the molecule is CN(Cc1ccoc1)C(=O)C1Cc2ccccc2CN1. The molecule has 1 N–H and O–H groups in total. The summed E-state index contributed by atoms with van der Waals surface area (Å²) in [5.74, 6) is 0.126. The second-order valence-corrected chi connectivity index (χ2v) is 5.23. The van der Waals surface area contributed by atoms with Crippen molar-refractivity contribution in [3.05, 3.63) is 59.5 Å². The number of rotatable bonds is 3. The van der Waals surface area contributed by atoms with Crippen LogP contribution >= 0.6 is 0 Å². The number of nitrogens with one attached hydrogen (secondary N) is 1. The number of hydrogen-bond acceptors (Lipinski definition) is 3. The van der Waals surface area contributed by atoms with Gasteiger partial charge in [-0.2, -0.15) is 0 Å². The van der Waals surface area contributed by atoms with E-state index in [1.807, 2.05) is 25.2 Å². The molecular weight excluding hydrogens is 252 g/mol. The number of hydrogen-bond donors (Lipinski definition) is 1. The first kappa shape index (κ1) is 12.9. The van der Waals surface area contributed by atoms with Gasteiger partial charge in [-0.25, -0.2) is 0 Å². The predicted molar refractivity (Wildman–Crippen MR) is 76.0 cm³/mol. The highest BCUT2D eigenvalue weighted by Crippen LogP contribution is 2.17. The fraction of sp³-hybridized carbons (Fsp3) is 0.312. The molecule has 1 atom stereocenters. The average molecular weight is 270 g/mol. The van der Waals surface area contributed by atoms with Gasteiger partial charge in [0.25, 0.3) is 0 Å². The van der Waals surface area contributed by atoms with Crippen LogP contribution in [0, 0.1) is 0 Å². The van der Waals surface area contributed by atoms with E-state index in [0.717, 1.165) is 18.5 Å². The van der Waals surface area contributed by atoms with Crippen molar-refractivity contribution in [1.29, 1.82) is 0 Å². The third-order valence-corrected chi connectivity index (χ3v) is 3.76. The topological polar surface area (TPSA) is 45.5 Å². The zero-order valence-corrected chi connectivity index (χ0v) is 11.5. The second kappa shape index (κ2) is 5.51. The van der Waals surface area contributed by atoms with Crippen LogP contribution in [0.2, 0.25) is 0 Å². The Labute approximate surface area is 118 Å². The quantitative estimate of drug-likeness (QED) is 0.927. The highest BCUT2D eigenvalue weighted by molar-refractivity contribution is 5.82. The van der Waals surface area contributed by atoms with Crippen molar-refractivity contribution in [2.45, 2.75) is 25.6 Å². The van der Waals surface area contributed by atoms with E-state index >= 15 is 0 Å². The Hall–Kier alpha value is -2.07. The molecule has 1 amide bonds.